The second kappa shape index (κ2) is 10.7. The van der Waals surface area contributed by atoms with E-state index >= 15 is 0 Å². The molecule has 1 amide bonds. The van der Waals surface area contributed by atoms with Crippen LogP contribution in [0.3, 0.4) is 0 Å². The Morgan fingerprint density at radius 3 is 2.46 bits per heavy atom. The third-order valence-electron chi connectivity index (χ3n) is 6.03. The minimum atomic E-state index is -0.561. The minimum Gasteiger partial charge on any atom is -0.387 e. The lowest BCUT2D eigenvalue weighted by atomic mass is 10.2. The van der Waals surface area contributed by atoms with Gasteiger partial charge >= 0.3 is 5.76 Å². The molecule has 35 heavy (non-hydrogen) atoms. The van der Waals surface area contributed by atoms with Gasteiger partial charge in [-0.3, -0.25) is 9.69 Å². The molecular weight excluding hydrogens is 462 g/mol. The number of rotatable bonds is 8. The van der Waals surface area contributed by atoms with Crippen LogP contribution in [0.4, 0.5) is 11.4 Å². The summed E-state index contributed by atoms with van der Waals surface area (Å²) < 4.78 is 6.37. The summed E-state index contributed by atoms with van der Waals surface area (Å²) in [5, 5.41) is 8.96. The van der Waals surface area contributed by atoms with Crippen LogP contribution < -0.4 is 16.0 Å². The van der Waals surface area contributed by atoms with Crippen molar-refractivity contribution in [3.8, 4) is 10.8 Å². The molecule has 2 aromatic carbocycles. The second-order valence-electron chi connectivity index (χ2n) is 8.47. The van der Waals surface area contributed by atoms with E-state index in [0.29, 0.717) is 0 Å². The van der Waals surface area contributed by atoms with Gasteiger partial charge in [-0.25, -0.2) is 4.79 Å². The fourth-order valence-electron chi connectivity index (χ4n) is 4.14. The van der Waals surface area contributed by atoms with E-state index in [4.69, 9.17) is 4.42 Å². The molecule has 9 heteroatoms. The highest BCUT2D eigenvalue weighted by atomic mass is 32.1. The van der Waals surface area contributed by atoms with Gasteiger partial charge in [0.05, 0.1) is 11.4 Å². The zero-order valence-corrected chi connectivity index (χ0v) is 20.1. The highest BCUT2D eigenvalue weighted by molar-refractivity contribution is 7.13. The van der Waals surface area contributed by atoms with Crippen molar-refractivity contribution < 1.29 is 9.21 Å². The first kappa shape index (κ1) is 23.1. The van der Waals surface area contributed by atoms with Crippen LogP contribution in [0.2, 0.25) is 0 Å². The monoisotopic (exact) mass is 489 g/mol. The Morgan fingerprint density at radius 1 is 0.971 bits per heavy atom. The van der Waals surface area contributed by atoms with Crippen LogP contribution in [0, 0.1) is 0 Å². The van der Waals surface area contributed by atoms with Crippen LogP contribution >= 0.6 is 11.3 Å². The molecule has 8 nitrogen and oxygen atoms in total. The van der Waals surface area contributed by atoms with Crippen LogP contribution in [-0.4, -0.2) is 46.8 Å². The van der Waals surface area contributed by atoms with Crippen molar-refractivity contribution in [3.05, 3.63) is 88.2 Å². The van der Waals surface area contributed by atoms with Gasteiger partial charge in [-0.05, 0) is 41.3 Å². The lowest BCUT2D eigenvalue weighted by molar-refractivity contribution is -0.116. The topological polar surface area (TPSA) is 83.6 Å². The number of carbonyl (C=O) groups is 1. The number of hydrogen-bond acceptors (Lipinski definition) is 7. The van der Waals surface area contributed by atoms with Crippen molar-refractivity contribution in [1.29, 1.82) is 0 Å². The molecule has 0 radical (unpaired) electrons. The maximum absolute atomic E-state index is 12.4. The minimum absolute atomic E-state index is 0.126. The third kappa shape index (κ3) is 5.87. The molecule has 0 saturated carbocycles. The van der Waals surface area contributed by atoms with Crippen molar-refractivity contribution >= 4 is 28.6 Å². The summed E-state index contributed by atoms with van der Waals surface area (Å²) in [6.45, 7) is 5.11. The zero-order valence-electron chi connectivity index (χ0n) is 19.3. The Morgan fingerprint density at radius 2 is 1.74 bits per heavy atom. The summed E-state index contributed by atoms with van der Waals surface area (Å²) in [5.41, 5.74) is 3.23. The number of aromatic nitrogens is 2. The van der Waals surface area contributed by atoms with Gasteiger partial charge in [0, 0.05) is 50.5 Å². The number of amides is 1. The number of thiophene rings is 1. The summed E-state index contributed by atoms with van der Waals surface area (Å²) in [5.74, 6) is -0.462. The number of nitrogens with zero attached hydrogens (tertiary/aromatic N) is 4. The van der Waals surface area contributed by atoms with Crippen LogP contribution in [0.25, 0.3) is 10.8 Å². The van der Waals surface area contributed by atoms with Gasteiger partial charge in [0.15, 0.2) is 0 Å². The van der Waals surface area contributed by atoms with Gasteiger partial charge in [-0.1, -0.05) is 36.4 Å². The highest BCUT2D eigenvalue weighted by Gasteiger charge is 2.17. The first-order valence-electron chi connectivity index (χ1n) is 11.7. The van der Waals surface area contributed by atoms with Crippen molar-refractivity contribution in [2.24, 2.45) is 0 Å². The average Bonchev–Trinajstić information content (AvgIpc) is 3.54. The Balaban J connectivity index is 1.09. The van der Waals surface area contributed by atoms with E-state index in [9.17, 15) is 9.59 Å². The van der Waals surface area contributed by atoms with Crippen molar-refractivity contribution in [3.63, 3.8) is 0 Å². The molecule has 0 spiro atoms. The predicted octanol–water partition coefficient (Wildman–Crippen LogP) is 3.92. The lowest BCUT2D eigenvalue weighted by Gasteiger charge is -2.36. The highest BCUT2D eigenvalue weighted by Crippen LogP contribution is 2.22. The summed E-state index contributed by atoms with van der Waals surface area (Å²) in [4.78, 5) is 30.0. The summed E-state index contributed by atoms with van der Waals surface area (Å²) >= 11 is 1.44. The van der Waals surface area contributed by atoms with E-state index in [1.807, 2.05) is 47.8 Å². The van der Waals surface area contributed by atoms with E-state index in [1.54, 1.807) is 0 Å². The zero-order chi connectivity index (χ0) is 24.0. The fraction of sp³-hybridized carbons (Fsp3) is 0.269. The number of piperazine rings is 1. The average molecular weight is 490 g/mol. The van der Waals surface area contributed by atoms with Crippen LogP contribution in [0.15, 0.2) is 81.3 Å². The van der Waals surface area contributed by atoms with E-state index in [0.717, 1.165) is 49.0 Å². The number of benzene rings is 2. The molecule has 1 N–H and O–H groups in total. The molecule has 0 aliphatic carbocycles. The third-order valence-corrected chi connectivity index (χ3v) is 6.88. The molecule has 4 aromatic rings. The molecular formula is C26H27N5O3S. The van der Waals surface area contributed by atoms with Gasteiger partial charge < -0.3 is 14.6 Å². The van der Waals surface area contributed by atoms with Gasteiger partial charge in [0.2, 0.25) is 5.91 Å². The predicted molar refractivity (Wildman–Crippen MR) is 138 cm³/mol. The molecule has 0 unspecified atom stereocenters. The van der Waals surface area contributed by atoms with Gasteiger partial charge in [-0.15, -0.1) is 16.4 Å². The van der Waals surface area contributed by atoms with E-state index in [-0.39, 0.29) is 24.8 Å². The lowest BCUT2D eigenvalue weighted by Crippen LogP contribution is -2.45. The van der Waals surface area contributed by atoms with Crippen LogP contribution in [0.5, 0.6) is 0 Å². The quantitative estimate of drug-likeness (QED) is 0.404. The van der Waals surface area contributed by atoms with E-state index in [1.165, 1.54) is 21.6 Å². The maximum Gasteiger partial charge on any atom is 0.437 e. The molecule has 1 aliphatic heterocycles. The number of nitrogens with one attached hydrogen (secondary N) is 1. The van der Waals surface area contributed by atoms with Gasteiger partial charge in [0.1, 0.15) is 0 Å². The van der Waals surface area contributed by atoms with Gasteiger partial charge in [-0.2, -0.15) is 4.68 Å². The normalized spacial score (nSPS) is 14.2. The van der Waals surface area contributed by atoms with E-state index < -0.39 is 5.76 Å². The smallest absolute Gasteiger partial charge is 0.387 e. The molecule has 180 valence electrons. The standard InChI is InChI=1S/C26H27N5O3S/c32-24(12-13-31-26(33)34-25(28-31)23-7-4-18-35-23)27-21-8-10-22(11-9-21)30-16-14-29(15-17-30)19-20-5-2-1-3-6-20/h1-11,18H,12-17,19H2,(H,27,32). The maximum atomic E-state index is 12.4. The molecule has 1 fully saturated rings. The molecule has 1 aliphatic rings. The molecule has 5 rings (SSSR count). The molecule has 0 bridgehead atoms. The van der Waals surface area contributed by atoms with Crippen molar-refractivity contribution in [2.45, 2.75) is 19.5 Å². The van der Waals surface area contributed by atoms with Gasteiger partial charge in [0.25, 0.3) is 5.89 Å². The summed E-state index contributed by atoms with van der Waals surface area (Å²) in [7, 11) is 0. The first-order chi connectivity index (χ1) is 17.1. The van der Waals surface area contributed by atoms with E-state index in [2.05, 4.69) is 44.5 Å². The summed E-state index contributed by atoms with van der Waals surface area (Å²) in [6, 6.07) is 22.2. The van der Waals surface area contributed by atoms with Crippen molar-refractivity contribution in [1.82, 2.24) is 14.7 Å². The fourth-order valence-corrected chi connectivity index (χ4v) is 4.78. The molecule has 3 heterocycles. The number of aryl methyl sites for hydroxylation is 1. The second-order valence-corrected chi connectivity index (χ2v) is 9.42. The van der Waals surface area contributed by atoms with Crippen molar-refractivity contribution in [2.75, 3.05) is 36.4 Å². The Bertz CT molecular complexity index is 1290. The molecule has 0 atom stereocenters. The SMILES string of the molecule is O=C(CCn1nc(-c2cccs2)oc1=O)Nc1ccc(N2CCN(Cc3ccccc3)CC2)cc1. The molecule has 1 saturated heterocycles. The number of hydrogen-bond donors (Lipinski definition) is 1. The van der Waals surface area contributed by atoms with Crippen LogP contribution in [0.1, 0.15) is 12.0 Å². The van der Waals surface area contributed by atoms with Crippen LogP contribution in [-0.2, 0) is 17.9 Å². The number of anilines is 2. The molecule has 2 aromatic heterocycles. The Hall–Kier alpha value is -3.69. The Labute approximate surface area is 207 Å². The number of carbonyl (C=O) groups excluding carboxylic acids is 1. The Kier molecular flexibility index (Phi) is 7.06. The summed E-state index contributed by atoms with van der Waals surface area (Å²) in [6.07, 6.45) is 0.126. The largest absolute Gasteiger partial charge is 0.437 e. The first-order valence-corrected chi connectivity index (χ1v) is 12.5.